The number of carbonyl (C=O) groups is 5. The molecule has 2 N–H and O–H groups in total. The fourth-order valence-electron chi connectivity index (χ4n) is 4.78. The van der Waals surface area contributed by atoms with E-state index in [1.807, 2.05) is 0 Å². The standard InChI is InChI=1S/C24H28Cl2N4O8/c1-3-37-24-16(11-19(32)38-24)28-22(34)17-5-4-8-29-18(31)7-6-15(23(35)30(17)29)27-21(33)12-9-13(25)20(36-2)14(26)10-12/h9-10,15-17,24H,3-8,11H2,1-2H3,(H,27,33)(H,28,34). The smallest absolute Gasteiger partial charge is 0.310 e. The molecule has 12 nitrogen and oxygen atoms in total. The number of ether oxygens (including phenoxy) is 3. The highest BCUT2D eigenvalue weighted by Crippen LogP contribution is 2.34. The van der Waals surface area contributed by atoms with Gasteiger partial charge in [-0.2, -0.15) is 0 Å². The molecule has 0 saturated carbocycles. The lowest BCUT2D eigenvalue weighted by Gasteiger charge is -2.43. The number of carbonyl (C=O) groups excluding carboxylic acids is 5. The second-order valence-corrected chi connectivity index (χ2v) is 9.84. The van der Waals surface area contributed by atoms with Crippen molar-refractivity contribution in [1.82, 2.24) is 20.7 Å². The van der Waals surface area contributed by atoms with Crippen molar-refractivity contribution in [2.75, 3.05) is 20.3 Å². The number of fused-ring (bicyclic) bond motifs is 1. The van der Waals surface area contributed by atoms with E-state index in [0.717, 1.165) is 5.01 Å². The normalized spacial score (nSPS) is 25.4. The first-order valence-corrected chi connectivity index (χ1v) is 13.0. The number of hydrogen-bond acceptors (Lipinski definition) is 8. The predicted molar refractivity (Wildman–Crippen MR) is 133 cm³/mol. The summed E-state index contributed by atoms with van der Waals surface area (Å²) in [5, 5.41) is 8.01. The first kappa shape index (κ1) is 27.9. The minimum Gasteiger partial charge on any atom is -0.494 e. The molecule has 0 bridgehead atoms. The van der Waals surface area contributed by atoms with Gasteiger partial charge in [0.25, 0.3) is 11.8 Å². The zero-order valence-corrected chi connectivity index (χ0v) is 22.3. The lowest BCUT2D eigenvalue weighted by molar-refractivity contribution is -0.177. The third kappa shape index (κ3) is 5.67. The third-order valence-electron chi connectivity index (χ3n) is 6.56. The molecule has 0 radical (unpaired) electrons. The van der Waals surface area contributed by atoms with Crippen molar-refractivity contribution in [2.24, 2.45) is 0 Å². The first-order valence-electron chi connectivity index (χ1n) is 12.2. The molecule has 3 aliphatic heterocycles. The summed E-state index contributed by atoms with van der Waals surface area (Å²) in [4.78, 5) is 64.7. The Morgan fingerprint density at radius 3 is 2.50 bits per heavy atom. The number of esters is 1. The molecule has 3 fully saturated rings. The highest BCUT2D eigenvalue weighted by atomic mass is 35.5. The Labute approximate surface area is 228 Å². The van der Waals surface area contributed by atoms with Crippen LogP contribution in [0.5, 0.6) is 5.75 Å². The van der Waals surface area contributed by atoms with Gasteiger partial charge >= 0.3 is 5.97 Å². The van der Waals surface area contributed by atoms with Crippen molar-refractivity contribution in [3.05, 3.63) is 27.7 Å². The summed E-state index contributed by atoms with van der Waals surface area (Å²) in [6, 6.07) is -0.130. The van der Waals surface area contributed by atoms with E-state index in [2.05, 4.69) is 10.6 Å². The van der Waals surface area contributed by atoms with Crippen LogP contribution in [0.1, 0.15) is 49.4 Å². The van der Waals surface area contributed by atoms with Gasteiger partial charge in [0.1, 0.15) is 18.1 Å². The van der Waals surface area contributed by atoms with Crippen molar-refractivity contribution < 1.29 is 38.2 Å². The largest absolute Gasteiger partial charge is 0.494 e. The van der Waals surface area contributed by atoms with Crippen molar-refractivity contribution in [3.63, 3.8) is 0 Å². The van der Waals surface area contributed by atoms with E-state index in [9.17, 15) is 24.0 Å². The first-order chi connectivity index (χ1) is 18.1. The summed E-state index contributed by atoms with van der Waals surface area (Å²) in [7, 11) is 1.39. The molecule has 1 aromatic carbocycles. The van der Waals surface area contributed by atoms with Gasteiger partial charge in [0.05, 0.1) is 23.6 Å². The van der Waals surface area contributed by atoms with Gasteiger partial charge in [-0.05, 0) is 38.3 Å². The van der Waals surface area contributed by atoms with Crippen LogP contribution in [-0.2, 0) is 28.7 Å². The highest BCUT2D eigenvalue weighted by Gasteiger charge is 2.46. The summed E-state index contributed by atoms with van der Waals surface area (Å²) in [5.41, 5.74) is 0.0989. The van der Waals surface area contributed by atoms with Gasteiger partial charge < -0.3 is 24.8 Å². The minimum absolute atomic E-state index is 0.0109. The molecule has 0 aromatic heterocycles. The maximum Gasteiger partial charge on any atom is 0.310 e. The molecular weight excluding hydrogens is 543 g/mol. The molecule has 0 aliphatic carbocycles. The van der Waals surface area contributed by atoms with Crippen LogP contribution in [0.2, 0.25) is 10.0 Å². The lowest BCUT2D eigenvalue weighted by atomic mass is 10.0. The van der Waals surface area contributed by atoms with Gasteiger partial charge in [0, 0.05) is 25.1 Å². The number of halogens is 2. The van der Waals surface area contributed by atoms with Gasteiger partial charge in [-0.15, -0.1) is 0 Å². The molecule has 206 valence electrons. The van der Waals surface area contributed by atoms with Crippen LogP contribution in [0.4, 0.5) is 0 Å². The molecule has 4 rings (SSSR count). The predicted octanol–water partition coefficient (Wildman–Crippen LogP) is 1.42. The van der Waals surface area contributed by atoms with Gasteiger partial charge in [-0.1, -0.05) is 23.2 Å². The number of nitrogens with one attached hydrogen (secondary N) is 2. The summed E-state index contributed by atoms with van der Waals surface area (Å²) >= 11 is 12.3. The molecule has 14 heteroatoms. The maximum absolute atomic E-state index is 13.7. The van der Waals surface area contributed by atoms with E-state index < -0.39 is 48.1 Å². The summed E-state index contributed by atoms with van der Waals surface area (Å²) in [6.07, 6.45) is -0.212. The average molecular weight is 571 g/mol. The van der Waals surface area contributed by atoms with Crippen molar-refractivity contribution in [3.8, 4) is 5.75 Å². The molecule has 1 aromatic rings. The zero-order chi connectivity index (χ0) is 27.6. The minimum atomic E-state index is -1.09. The number of hydrogen-bond donors (Lipinski definition) is 2. The lowest BCUT2D eigenvalue weighted by Crippen LogP contribution is -2.64. The number of methoxy groups -OCH3 is 1. The van der Waals surface area contributed by atoms with Crippen LogP contribution in [-0.4, -0.2) is 84.3 Å². The van der Waals surface area contributed by atoms with Crippen molar-refractivity contribution >= 4 is 52.8 Å². The summed E-state index contributed by atoms with van der Waals surface area (Å²) < 4.78 is 15.6. The second kappa shape index (κ2) is 11.7. The van der Waals surface area contributed by atoms with Gasteiger partial charge in [-0.3, -0.25) is 29.0 Å². The third-order valence-corrected chi connectivity index (χ3v) is 7.12. The summed E-state index contributed by atoms with van der Waals surface area (Å²) in [5.74, 6) is -2.43. The molecule has 3 saturated heterocycles. The highest BCUT2D eigenvalue weighted by molar-refractivity contribution is 6.37. The van der Waals surface area contributed by atoms with Crippen LogP contribution in [0.3, 0.4) is 0 Å². The second-order valence-electron chi connectivity index (χ2n) is 9.03. The van der Waals surface area contributed by atoms with E-state index in [1.54, 1.807) is 6.92 Å². The van der Waals surface area contributed by atoms with Crippen LogP contribution in [0.15, 0.2) is 12.1 Å². The van der Waals surface area contributed by atoms with E-state index in [-0.39, 0.29) is 66.1 Å². The number of benzene rings is 1. The van der Waals surface area contributed by atoms with Crippen LogP contribution >= 0.6 is 23.2 Å². The van der Waals surface area contributed by atoms with Crippen molar-refractivity contribution in [1.29, 1.82) is 0 Å². The van der Waals surface area contributed by atoms with E-state index in [1.165, 1.54) is 24.3 Å². The topological polar surface area (TPSA) is 144 Å². The Bertz CT molecular complexity index is 1130. The Morgan fingerprint density at radius 2 is 1.84 bits per heavy atom. The monoisotopic (exact) mass is 570 g/mol. The average Bonchev–Trinajstić information content (AvgIpc) is 3.17. The van der Waals surface area contributed by atoms with Gasteiger partial charge in [0.15, 0.2) is 5.75 Å². The SMILES string of the molecule is CCOC1OC(=O)CC1NC(=O)C1CCCN2C(=O)CCC(NC(=O)c3cc(Cl)c(OC)c(Cl)c3)C(=O)N12. The Morgan fingerprint density at radius 1 is 1.13 bits per heavy atom. The molecular formula is C24H28Cl2N4O8. The molecule has 38 heavy (non-hydrogen) atoms. The van der Waals surface area contributed by atoms with Crippen molar-refractivity contribution in [2.45, 2.75) is 63.4 Å². The molecule has 0 spiro atoms. The van der Waals surface area contributed by atoms with Gasteiger partial charge in [-0.25, -0.2) is 5.01 Å². The molecule has 3 aliphatic rings. The number of hydrazine groups is 1. The van der Waals surface area contributed by atoms with E-state index in [4.69, 9.17) is 37.4 Å². The quantitative estimate of drug-likeness (QED) is 0.468. The number of cyclic esters (lactones) is 1. The molecule has 4 unspecified atom stereocenters. The molecule has 3 heterocycles. The fourth-order valence-corrected chi connectivity index (χ4v) is 5.42. The Balaban J connectivity index is 1.53. The zero-order valence-electron chi connectivity index (χ0n) is 20.8. The number of rotatable bonds is 7. The van der Waals surface area contributed by atoms with E-state index >= 15 is 0 Å². The molecule has 4 amide bonds. The van der Waals surface area contributed by atoms with E-state index in [0.29, 0.717) is 6.42 Å². The fraction of sp³-hybridized carbons (Fsp3) is 0.542. The van der Waals surface area contributed by atoms with Crippen LogP contribution < -0.4 is 15.4 Å². The molecule has 4 atom stereocenters. The van der Waals surface area contributed by atoms with Gasteiger partial charge in [0.2, 0.25) is 18.1 Å². The Hall–Kier alpha value is -3.09. The Kier molecular flexibility index (Phi) is 8.64. The summed E-state index contributed by atoms with van der Waals surface area (Å²) in [6.45, 7) is 2.26. The van der Waals surface area contributed by atoms with Crippen LogP contribution in [0.25, 0.3) is 0 Å². The number of amides is 4. The maximum atomic E-state index is 13.7. The number of nitrogens with zero attached hydrogens (tertiary/aromatic N) is 2. The van der Waals surface area contributed by atoms with Crippen LogP contribution in [0, 0.1) is 0 Å².